The Morgan fingerprint density at radius 3 is 2.71 bits per heavy atom. The van der Waals surface area contributed by atoms with Crippen LogP contribution in [0.4, 0.5) is 5.69 Å². The van der Waals surface area contributed by atoms with E-state index >= 15 is 0 Å². The lowest BCUT2D eigenvalue weighted by atomic mass is 10.1. The fourth-order valence-electron chi connectivity index (χ4n) is 2.34. The van der Waals surface area contributed by atoms with Crippen molar-refractivity contribution in [3.05, 3.63) is 47.2 Å². The molecule has 0 aliphatic carbocycles. The molecule has 0 spiro atoms. The molecule has 0 saturated carbocycles. The Hall–Kier alpha value is -2.31. The number of likely N-dealkylation sites (N-methyl/N-ethyl adjacent to an activating group) is 1. The summed E-state index contributed by atoms with van der Waals surface area (Å²) in [6.07, 6.45) is 1.57. The second-order valence-electron chi connectivity index (χ2n) is 5.21. The highest BCUT2D eigenvalue weighted by Gasteiger charge is 2.14. The monoisotopic (exact) mass is 349 g/mol. The molecule has 24 heavy (non-hydrogen) atoms. The summed E-state index contributed by atoms with van der Waals surface area (Å²) in [6, 6.07) is 9.08. The van der Waals surface area contributed by atoms with E-state index < -0.39 is 0 Å². The Morgan fingerprint density at radius 2 is 2.04 bits per heavy atom. The highest BCUT2D eigenvalue weighted by Crippen LogP contribution is 2.31. The zero-order chi connectivity index (χ0) is 17.5. The number of methoxy groups -OCH3 is 2. The summed E-state index contributed by atoms with van der Waals surface area (Å²) < 4.78 is 10.7. The van der Waals surface area contributed by atoms with Crippen molar-refractivity contribution >= 4 is 23.2 Å². The van der Waals surface area contributed by atoms with Crippen LogP contribution in [-0.4, -0.2) is 43.6 Å². The average Bonchev–Trinajstić information content (AvgIpc) is 2.56. The largest absolute Gasteiger partial charge is 0.493 e. The van der Waals surface area contributed by atoms with Crippen molar-refractivity contribution in [3.8, 4) is 11.5 Å². The van der Waals surface area contributed by atoms with Crippen LogP contribution in [0.25, 0.3) is 0 Å². The van der Waals surface area contributed by atoms with E-state index in [-0.39, 0.29) is 17.6 Å². The summed E-state index contributed by atoms with van der Waals surface area (Å²) in [5.74, 6) is 1.16. The number of anilines is 1. The van der Waals surface area contributed by atoms with Gasteiger partial charge in [0.2, 0.25) is 5.91 Å². The predicted molar refractivity (Wildman–Crippen MR) is 93.8 cm³/mol. The summed E-state index contributed by atoms with van der Waals surface area (Å²) in [5.41, 5.74) is 1.43. The number of aromatic nitrogens is 1. The first kappa shape index (κ1) is 18.0. The van der Waals surface area contributed by atoms with Gasteiger partial charge in [0, 0.05) is 18.3 Å². The molecule has 1 heterocycles. The summed E-state index contributed by atoms with van der Waals surface area (Å²) in [5, 5.41) is 3.01. The van der Waals surface area contributed by atoms with E-state index in [1.165, 1.54) is 0 Å². The lowest BCUT2D eigenvalue weighted by Gasteiger charge is -2.19. The van der Waals surface area contributed by atoms with Crippen molar-refractivity contribution in [1.29, 1.82) is 0 Å². The standard InChI is InChI=1S/C17H20ClN3O3/c1-21(10-12-6-4-8-14(23-2)16(12)24-3)11-15(22)20-13-7-5-9-19-17(13)18/h4-9H,10-11H2,1-3H3,(H,20,22). The van der Waals surface area contributed by atoms with Gasteiger partial charge in [-0.15, -0.1) is 0 Å². The minimum atomic E-state index is -0.172. The average molecular weight is 350 g/mol. The normalized spacial score (nSPS) is 10.5. The zero-order valence-electron chi connectivity index (χ0n) is 13.9. The molecule has 2 rings (SSSR count). The Balaban J connectivity index is 1.99. The van der Waals surface area contributed by atoms with Crippen LogP contribution in [0.3, 0.4) is 0 Å². The van der Waals surface area contributed by atoms with Crippen molar-refractivity contribution in [1.82, 2.24) is 9.88 Å². The molecule has 6 nitrogen and oxygen atoms in total. The van der Waals surface area contributed by atoms with Crippen LogP contribution in [0.15, 0.2) is 36.5 Å². The molecule has 0 saturated heterocycles. The number of carbonyl (C=O) groups is 1. The lowest BCUT2D eigenvalue weighted by molar-refractivity contribution is -0.117. The van der Waals surface area contributed by atoms with Gasteiger partial charge in [-0.1, -0.05) is 23.7 Å². The Bertz CT molecular complexity index is 709. The third-order valence-corrected chi connectivity index (χ3v) is 3.67. The number of ether oxygens (including phenoxy) is 2. The van der Waals surface area contributed by atoms with E-state index in [9.17, 15) is 4.79 Å². The van der Waals surface area contributed by atoms with Crippen LogP contribution in [0.2, 0.25) is 5.15 Å². The van der Waals surface area contributed by atoms with Crippen LogP contribution in [0.1, 0.15) is 5.56 Å². The minimum absolute atomic E-state index is 0.172. The third-order valence-electron chi connectivity index (χ3n) is 3.37. The van der Waals surface area contributed by atoms with Gasteiger partial charge >= 0.3 is 0 Å². The summed E-state index contributed by atoms with van der Waals surface area (Å²) in [6.45, 7) is 0.736. The molecule has 1 aromatic heterocycles. The smallest absolute Gasteiger partial charge is 0.238 e. The van der Waals surface area contributed by atoms with Crippen LogP contribution < -0.4 is 14.8 Å². The molecule has 0 radical (unpaired) electrons. The molecule has 0 atom stereocenters. The number of benzene rings is 1. The van der Waals surface area contributed by atoms with E-state index in [0.29, 0.717) is 23.7 Å². The first-order chi connectivity index (χ1) is 11.5. The van der Waals surface area contributed by atoms with Crippen molar-refractivity contribution in [3.63, 3.8) is 0 Å². The van der Waals surface area contributed by atoms with Crippen molar-refractivity contribution in [2.24, 2.45) is 0 Å². The highest BCUT2D eigenvalue weighted by atomic mass is 35.5. The summed E-state index contributed by atoms with van der Waals surface area (Å²) in [4.78, 5) is 17.9. The van der Waals surface area contributed by atoms with Crippen LogP contribution in [0, 0.1) is 0 Å². The lowest BCUT2D eigenvalue weighted by Crippen LogP contribution is -2.30. The van der Waals surface area contributed by atoms with E-state index in [4.69, 9.17) is 21.1 Å². The van der Waals surface area contributed by atoms with Gasteiger partial charge in [-0.25, -0.2) is 4.98 Å². The van der Waals surface area contributed by atoms with E-state index in [0.717, 1.165) is 5.56 Å². The third kappa shape index (κ3) is 4.59. The second-order valence-corrected chi connectivity index (χ2v) is 5.57. The van der Waals surface area contributed by atoms with Crippen LogP contribution in [-0.2, 0) is 11.3 Å². The number of pyridine rings is 1. The quantitative estimate of drug-likeness (QED) is 0.779. The molecule has 128 valence electrons. The Kier molecular flexibility index (Phi) is 6.40. The molecular formula is C17H20ClN3O3. The van der Waals surface area contributed by atoms with E-state index in [1.54, 1.807) is 32.5 Å². The predicted octanol–water partition coefficient (Wildman–Crippen LogP) is 2.82. The number of halogens is 1. The van der Waals surface area contributed by atoms with Crippen molar-refractivity contribution in [2.45, 2.75) is 6.54 Å². The van der Waals surface area contributed by atoms with Gasteiger partial charge in [-0.3, -0.25) is 9.69 Å². The second kappa shape index (κ2) is 8.52. The van der Waals surface area contributed by atoms with Gasteiger partial charge in [0.05, 0.1) is 26.5 Å². The molecule has 1 aromatic carbocycles. The first-order valence-electron chi connectivity index (χ1n) is 7.34. The van der Waals surface area contributed by atoms with Crippen molar-refractivity contribution < 1.29 is 14.3 Å². The van der Waals surface area contributed by atoms with Gasteiger partial charge in [0.25, 0.3) is 0 Å². The van der Waals surface area contributed by atoms with Gasteiger partial charge in [-0.2, -0.15) is 0 Å². The molecule has 0 aliphatic heterocycles. The fourth-order valence-corrected chi connectivity index (χ4v) is 2.51. The molecule has 1 N–H and O–H groups in total. The number of nitrogens with zero attached hydrogens (tertiary/aromatic N) is 2. The topological polar surface area (TPSA) is 63.7 Å². The first-order valence-corrected chi connectivity index (χ1v) is 7.71. The zero-order valence-corrected chi connectivity index (χ0v) is 14.6. The number of hydrogen-bond acceptors (Lipinski definition) is 5. The van der Waals surface area contributed by atoms with E-state index in [2.05, 4.69) is 10.3 Å². The Morgan fingerprint density at radius 1 is 1.25 bits per heavy atom. The van der Waals surface area contributed by atoms with Gasteiger partial charge in [0.1, 0.15) is 0 Å². The number of rotatable bonds is 7. The summed E-state index contributed by atoms with van der Waals surface area (Å²) in [7, 11) is 5.04. The van der Waals surface area contributed by atoms with Crippen LogP contribution in [0.5, 0.6) is 11.5 Å². The number of nitrogens with one attached hydrogen (secondary N) is 1. The SMILES string of the molecule is COc1cccc(CN(C)CC(=O)Nc2cccnc2Cl)c1OC. The van der Waals surface area contributed by atoms with Gasteiger partial charge < -0.3 is 14.8 Å². The van der Waals surface area contributed by atoms with Gasteiger partial charge in [0.15, 0.2) is 16.7 Å². The maximum atomic E-state index is 12.1. The fraction of sp³-hybridized carbons (Fsp3) is 0.294. The van der Waals surface area contributed by atoms with Crippen molar-refractivity contribution in [2.75, 3.05) is 33.1 Å². The minimum Gasteiger partial charge on any atom is -0.493 e. The molecule has 2 aromatic rings. The highest BCUT2D eigenvalue weighted by molar-refractivity contribution is 6.32. The van der Waals surface area contributed by atoms with E-state index in [1.807, 2.05) is 30.1 Å². The molecular weight excluding hydrogens is 330 g/mol. The maximum Gasteiger partial charge on any atom is 0.238 e. The molecule has 1 amide bonds. The molecule has 0 unspecified atom stereocenters. The molecule has 0 bridgehead atoms. The van der Waals surface area contributed by atoms with Gasteiger partial charge in [-0.05, 0) is 25.2 Å². The molecule has 0 aliphatic rings. The number of carbonyl (C=O) groups excluding carboxylic acids is 1. The maximum absolute atomic E-state index is 12.1. The molecule has 7 heteroatoms. The Labute approximate surface area is 146 Å². The number of para-hydroxylation sites is 1. The molecule has 0 fully saturated rings. The number of amides is 1. The summed E-state index contributed by atoms with van der Waals surface area (Å²) >= 11 is 5.94. The number of hydrogen-bond donors (Lipinski definition) is 1. The van der Waals surface area contributed by atoms with Crippen LogP contribution >= 0.6 is 11.6 Å².